The maximum Gasteiger partial charge on any atom is 0.0233 e. The predicted molar refractivity (Wildman–Crippen MR) is 73.1 cm³/mol. The van der Waals surface area contributed by atoms with Crippen LogP contribution in [0.15, 0.2) is 24.3 Å². The van der Waals surface area contributed by atoms with Crippen molar-refractivity contribution in [3.63, 3.8) is 0 Å². The van der Waals surface area contributed by atoms with E-state index in [0.717, 1.165) is 12.5 Å². The van der Waals surface area contributed by atoms with Gasteiger partial charge in [-0.1, -0.05) is 29.8 Å². The van der Waals surface area contributed by atoms with E-state index >= 15 is 0 Å². The highest BCUT2D eigenvalue weighted by molar-refractivity contribution is 5.22. The van der Waals surface area contributed by atoms with Crippen molar-refractivity contribution in [3.8, 4) is 0 Å². The molecular weight excluding hydrogens is 208 g/mol. The molecule has 1 aromatic rings. The van der Waals surface area contributed by atoms with Gasteiger partial charge in [0, 0.05) is 6.54 Å². The van der Waals surface area contributed by atoms with Crippen molar-refractivity contribution in [2.75, 3.05) is 26.7 Å². The van der Waals surface area contributed by atoms with Crippen molar-refractivity contribution in [2.24, 2.45) is 5.92 Å². The third-order valence-corrected chi connectivity index (χ3v) is 3.69. The molecule has 0 atom stereocenters. The van der Waals surface area contributed by atoms with Gasteiger partial charge in [-0.2, -0.15) is 0 Å². The Morgan fingerprint density at radius 3 is 2.71 bits per heavy atom. The number of likely N-dealkylation sites (tertiary alicyclic amines) is 1. The van der Waals surface area contributed by atoms with E-state index in [1.54, 1.807) is 0 Å². The molecule has 2 heteroatoms. The maximum atomic E-state index is 3.29. The summed E-state index contributed by atoms with van der Waals surface area (Å²) in [5.74, 6) is 0.883. The number of nitrogens with one attached hydrogen (secondary N) is 1. The minimum atomic E-state index is 0.883. The van der Waals surface area contributed by atoms with Gasteiger partial charge in [0.25, 0.3) is 0 Å². The molecule has 1 N–H and O–H groups in total. The van der Waals surface area contributed by atoms with Gasteiger partial charge < -0.3 is 5.32 Å². The summed E-state index contributed by atoms with van der Waals surface area (Å²) in [5.41, 5.74) is 2.82. The van der Waals surface area contributed by atoms with Gasteiger partial charge in [0.05, 0.1) is 0 Å². The zero-order valence-electron chi connectivity index (χ0n) is 11.1. The van der Waals surface area contributed by atoms with Gasteiger partial charge in [0.15, 0.2) is 0 Å². The van der Waals surface area contributed by atoms with Crippen LogP contribution in [0.5, 0.6) is 0 Å². The number of rotatable bonds is 4. The van der Waals surface area contributed by atoms with Gasteiger partial charge in [0.1, 0.15) is 0 Å². The van der Waals surface area contributed by atoms with E-state index < -0.39 is 0 Å². The van der Waals surface area contributed by atoms with E-state index in [0.29, 0.717) is 0 Å². The van der Waals surface area contributed by atoms with Crippen molar-refractivity contribution in [2.45, 2.75) is 26.3 Å². The normalized spacial score (nSPS) is 18.5. The fourth-order valence-electron chi connectivity index (χ4n) is 2.71. The molecule has 0 aromatic heterocycles. The molecule has 1 saturated heterocycles. The van der Waals surface area contributed by atoms with E-state index in [-0.39, 0.29) is 0 Å². The summed E-state index contributed by atoms with van der Waals surface area (Å²) >= 11 is 0. The van der Waals surface area contributed by atoms with Crippen LogP contribution in [0, 0.1) is 12.8 Å². The molecule has 0 radical (unpaired) electrons. The number of hydrogen-bond donors (Lipinski definition) is 1. The van der Waals surface area contributed by atoms with Gasteiger partial charge in [-0.25, -0.2) is 0 Å². The minimum absolute atomic E-state index is 0.883. The molecule has 2 rings (SSSR count). The molecule has 0 aliphatic carbocycles. The Kier molecular flexibility index (Phi) is 4.57. The van der Waals surface area contributed by atoms with Crippen LogP contribution in [0.2, 0.25) is 0 Å². The van der Waals surface area contributed by atoms with Crippen LogP contribution in [-0.2, 0) is 6.54 Å². The van der Waals surface area contributed by atoms with Gasteiger partial charge in [-0.05, 0) is 57.9 Å². The molecule has 1 aliphatic rings. The molecule has 17 heavy (non-hydrogen) atoms. The molecular formula is C15H24N2. The third-order valence-electron chi connectivity index (χ3n) is 3.69. The van der Waals surface area contributed by atoms with Crippen LogP contribution in [0.3, 0.4) is 0 Å². The summed E-state index contributed by atoms with van der Waals surface area (Å²) in [4.78, 5) is 2.58. The Hall–Kier alpha value is -0.860. The molecule has 1 aromatic carbocycles. The molecule has 0 amide bonds. The highest BCUT2D eigenvalue weighted by Crippen LogP contribution is 2.18. The molecule has 0 saturated carbocycles. The largest absolute Gasteiger partial charge is 0.319 e. The van der Waals surface area contributed by atoms with Gasteiger partial charge >= 0.3 is 0 Å². The van der Waals surface area contributed by atoms with Crippen LogP contribution < -0.4 is 5.32 Å². The summed E-state index contributed by atoms with van der Waals surface area (Å²) < 4.78 is 0. The average Bonchev–Trinajstić information content (AvgIpc) is 2.32. The lowest BCUT2D eigenvalue weighted by molar-refractivity contribution is 0.177. The molecule has 2 nitrogen and oxygen atoms in total. The molecule has 1 fully saturated rings. The topological polar surface area (TPSA) is 15.3 Å². The van der Waals surface area contributed by atoms with Crippen molar-refractivity contribution in [3.05, 3.63) is 35.4 Å². The summed E-state index contributed by atoms with van der Waals surface area (Å²) in [6.45, 7) is 6.97. The van der Waals surface area contributed by atoms with Crippen molar-refractivity contribution in [1.29, 1.82) is 0 Å². The number of aryl methyl sites for hydroxylation is 1. The first-order chi connectivity index (χ1) is 8.28. The fourth-order valence-corrected chi connectivity index (χ4v) is 2.71. The molecule has 1 aliphatic heterocycles. The van der Waals surface area contributed by atoms with Gasteiger partial charge in [-0.3, -0.25) is 4.90 Å². The first-order valence-corrected chi connectivity index (χ1v) is 6.70. The fraction of sp³-hybridized carbons (Fsp3) is 0.600. The van der Waals surface area contributed by atoms with E-state index in [9.17, 15) is 0 Å². The molecule has 1 heterocycles. The first kappa shape index (κ1) is 12.6. The Bertz CT molecular complexity index is 341. The second kappa shape index (κ2) is 6.18. The van der Waals surface area contributed by atoms with Gasteiger partial charge in [0.2, 0.25) is 0 Å². The second-order valence-corrected chi connectivity index (χ2v) is 5.27. The number of benzene rings is 1. The highest BCUT2D eigenvalue weighted by atomic mass is 15.1. The summed E-state index contributed by atoms with van der Waals surface area (Å²) in [6.07, 6.45) is 2.68. The molecule has 94 valence electrons. The van der Waals surface area contributed by atoms with Crippen molar-refractivity contribution < 1.29 is 0 Å². The quantitative estimate of drug-likeness (QED) is 0.857. The Labute approximate surface area is 105 Å². The number of piperidine rings is 1. The molecule has 0 spiro atoms. The second-order valence-electron chi connectivity index (χ2n) is 5.27. The van der Waals surface area contributed by atoms with E-state index in [2.05, 4.69) is 48.5 Å². The van der Waals surface area contributed by atoms with Crippen LogP contribution >= 0.6 is 0 Å². The maximum absolute atomic E-state index is 3.29. The van der Waals surface area contributed by atoms with Crippen LogP contribution in [-0.4, -0.2) is 31.6 Å². The third kappa shape index (κ3) is 3.83. The van der Waals surface area contributed by atoms with Gasteiger partial charge in [-0.15, -0.1) is 0 Å². The zero-order valence-corrected chi connectivity index (χ0v) is 11.1. The van der Waals surface area contributed by atoms with Crippen LogP contribution in [0.4, 0.5) is 0 Å². The SMILES string of the molecule is CNCC1CCN(Cc2cccc(C)c2)CC1. The standard InChI is InChI=1S/C15H24N2/c1-13-4-3-5-15(10-13)12-17-8-6-14(7-9-17)11-16-2/h3-5,10,14,16H,6-9,11-12H2,1-2H3. The summed E-state index contributed by atoms with van der Waals surface area (Å²) in [7, 11) is 2.05. The lowest BCUT2D eigenvalue weighted by atomic mass is 9.96. The number of nitrogens with zero attached hydrogens (tertiary/aromatic N) is 1. The van der Waals surface area contributed by atoms with E-state index in [1.165, 1.54) is 43.6 Å². The van der Waals surface area contributed by atoms with Crippen LogP contribution in [0.1, 0.15) is 24.0 Å². The van der Waals surface area contributed by atoms with E-state index in [1.807, 2.05) is 0 Å². The monoisotopic (exact) mass is 232 g/mol. The Morgan fingerprint density at radius 2 is 2.06 bits per heavy atom. The minimum Gasteiger partial charge on any atom is -0.319 e. The first-order valence-electron chi connectivity index (χ1n) is 6.70. The van der Waals surface area contributed by atoms with E-state index in [4.69, 9.17) is 0 Å². The Balaban J connectivity index is 1.82. The van der Waals surface area contributed by atoms with Crippen molar-refractivity contribution >= 4 is 0 Å². The zero-order chi connectivity index (χ0) is 12.1. The smallest absolute Gasteiger partial charge is 0.0233 e. The average molecular weight is 232 g/mol. The lowest BCUT2D eigenvalue weighted by Crippen LogP contribution is -2.36. The lowest BCUT2D eigenvalue weighted by Gasteiger charge is -2.31. The summed E-state index contributed by atoms with van der Waals surface area (Å²) in [5, 5.41) is 3.29. The highest BCUT2D eigenvalue weighted by Gasteiger charge is 2.18. The van der Waals surface area contributed by atoms with Crippen molar-refractivity contribution in [1.82, 2.24) is 10.2 Å². The molecule has 0 unspecified atom stereocenters. The summed E-state index contributed by atoms with van der Waals surface area (Å²) in [6, 6.07) is 8.88. The number of hydrogen-bond acceptors (Lipinski definition) is 2. The van der Waals surface area contributed by atoms with Crippen LogP contribution in [0.25, 0.3) is 0 Å². The molecule has 0 bridgehead atoms. The predicted octanol–water partition coefficient (Wildman–Crippen LogP) is 2.43. The Morgan fingerprint density at radius 1 is 1.29 bits per heavy atom.